The van der Waals surface area contributed by atoms with Crippen molar-refractivity contribution in [2.45, 2.75) is 12.2 Å². The van der Waals surface area contributed by atoms with E-state index in [-0.39, 0.29) is 11.2 Å². The summed E-state index contributed by atoms with van der Waals surface area (Å²) in [7, 11) is 0. The fourth-order valence-electron chi connectivity index (χ4n) is 2.80. The van der Waals surface area contributed by atoms with Crippen molar-refractivity contribution in [2.24, 2.45) is 0 Å². The number of carbonyl (C=O) groups is 1. The summed E-state index contributed by atoms with van der Waals surface area (Å²) in [5.74, 6) is 1.17. The predicted octanol–water partition coefficient (Wildman–Crippen LogP) is 5.55. The average molecular weight is 378 g/mol. The van der Waals surface area contributed by atoms with Crippen LogP contribution in [0.5, 0.6) is 5.75 Å². The van der Waals surface area contributed by atoms with E-state index in [2.05, 4.69) is 29.6 Å². The van der Waals surface area contributed by atoms with Crippen LogP contribution in [0.15, 0.2) is 84.9 Å². The van der Waals surface area contributed by atoms with Gasteiger partial charge in [-0.1, -0.05) is 60.7 Å². The summed E-state index contributed by atoms with van der Waals surface area (Å²) >= 11 is 1.63. The molecule has 0 aliphatic rings. The second kappa shape index (κ2) is 9.83. The molecule has 0 saturated carbocycles. The summed E-state index contributed by atoms with van der Waals surface area (Å²) in [5, 5.41) is 3.08. The number of hydrogen-bond donors (Lipinski definition) is 1. The molecular weight excluding hydrogens is 354 g/mol. The summed E-state index contributed by atoms with van der Waals surface area (Å²) in [5.41, 5.74) is 3.17. The molecule has 0 atom stereocenters. The van der Waals surface area contributed by atoms with Crippen LogP contribution in [0, 0.1) is 0 Å². The van der Waals surface area contributed by atoms with Crippen molar-refractivity contribution in [1.82, 2.24) is 0 Å². The quantitative estimate of drug-likeness (QED) is 0.559. The number of carbonyl (C=O) groups excluding carboxylic acids is 1. The second-order valence-corrected chi connectivity index (χ2v) is 7.11. The summed E-state index contributed by atoms with van der Waals surface area (Å²) in [6.45, 7) is 2.57. The third-order valence-electron chi connectivity index (χ3n) is 4.03. The number of ether oxygens (including phenoxy) is 1. The van der Waals surface area contributed by atoms with Crippen molar-refractivity contribution in [3.8, 4) is 5.75 Å². The molecule has 3 rings (SSSR count). The van der Waals surface area contributed by atoms with E-state index >= 15 is 0 Å². The van der Waals surface area contributed by atoms with Crippen LogP contribution >= 0.6 is 11.8 Å². The predicted molar refractivity (Wildman–Crippen MR) is 113 cm³/mol. The summed E-state index contributed by atoms with van der Waals surface area (Å²) < 4.78 is 5.43. The lowest BCUT2D eigenvalue weighted by molar-refractivity contribution is -0.113. The second-order valence-electron chi connectivity index (χ2n) is 6.02. The Hall–Kier alpha value is -2.72. The van der Waals surface area contributed by atoms with Crippen LogP contribution in [0.4, 0.5) is 5.69 Å². The molecule has 0 spiro atoms. The van der Waals surface area contributed by atoms with Gasteiger partial charge in [-0.05, 0) is 42.3 Å². The highest BCUT2D eigenvalue weighted by atomic mass is 32.2. The molecule has 0 aliphatic carbocycles. The monoisotopic (exact) mass is 377 g/mol. The van der Waals surface area contributed by atoms with Gasteiger partial charge in [0.15, 0.2) is 0 Å². The van der Waals surface area contributed by atoms with Gasteiger partial charge in [-0.15, -0.1) is 11.8 Å². The lowest BCUT2D eigenvalue weighted by atomic mass is 10.0. The van der Waals surface area contributed by atoms with Crippen LogP contribution in [0.25, 0.3) is 0 Å². The minimum absolute atomic E-state index is 0.0129. The fraction of sp³-hybridized carbons (Fsp3) is 0.174. The van der Waals surface area contributed by atoms with Crippen LogP contribution in [-0.2, 0) is 4.79 Å². The Bertz CT molecular complexity index is 796. The fourth-order valence-corrected chi connectivity index (χ4v) is 3.89. The third kappa shape index (κ3) is 5.63. The van der Waals surface area contributed by atoms with E-state index in [1.54, 1.807) is 11.8 Å². The van der Waals surface area contributed by atoms with Crippen LogP contribution in [-0.4, -0.2) is 18.3 Å². The number of rotatable bonds is 8. The van der Waals surface area contributed by atoms with Gasteiger partial charge in [-0.3, -0.25) is 4.79 Å². The molecule has 0 aromatic heterocycles. The first-order valence-electron chi connectivity index (χ1n) is 9.00. The van der Waals surface area contributed by atoms with E-state index in [1.165, 1.54) is 11.1 Å². The average Bonchev–Trinajstić information content (AvgIpc) is 2.71. The Morgan fingerprint density at radius 2 is 1.44 bits per heavy atom. The number of anilines is 1. The standard InChI is InChI=1S/C23H23NO2S/c1-2-26-21-15-13-20(14-16-21)24-22(25)17-27-23(18-9-5-3-6-10-18)19-11-7-4-8-12-19/h3-16,23H,2,17H2,1H3,(H,24,25). The number of hydrogen-bond acceptors (Lipinski definition) is 3. The van der Waals surface area contributed by atoms with Gasteiger partial charge in [-0.25, -0.2) is 0 Å². The molecule has 138 valence electrons. The molecule has 0 heterocycles. The van der Waals surface area contributed by atoms with Crippen LogP contribution < -0.4 is 10.1 Å². The Morgan fingerprint density at radius 1 is 0.889 bits per heavy atom. The maximum Gasteiger partial charge on any atom is 0.234 e. The molecule has 3 aromatic carbocycles. The normalized spacial score (nSPS) is 10.6. The van der Waals surface area contributed by atoms with E-state index in [1.807, 2.05) is 67.6 Å². The van der Waals surface area contributed by atoms with Gasteiger partial charge < -0.3 is 10.1 Å². The molecule has 27 heavy (non-hydrogen) atoms. The molecule has 0 unspecified atom stereocenters. The maximum atomic E-state index is 12.4. The summed E-state index contributed by atoms with van der Waals surface area (Å²) in [6, 6.07) is 28.0. The zero-order valence-electron chi connectivity index (χ0n) is 15.3. The van der Waals surface area contributed by atoms with Gasteiger partial charge >= 0.3 is 0 Å². The molecule has 4 heteroatoms. The van der Waals surface area contributed by atoms with Gasteiger partial charge in [0.05, 0.1) is 17.6 Å². The van der Waals surface area contributed by atoms with Crippen LogP contribution in [0.1, 0.15) is 23.3 Å². The van der Waals surface area contributed by atoms with Gasteiger partial charge in [-0.2, -0.15) is 0 Å². The van der Waals surface area contributed by atoms with E-state index in [0.29, 0.717) is 12.4 Å². The number of amides is 1. The Labute approximate surface area is 164 Å². The molecular formula is C23H23NO2S. The molecule has 3 nitrogen and oxygen atoms in total. The highest BCUT2D eigenvalue weighted by Crippen LogP contribution is 2.35. The minimum Gasteiger partial charge on any atom is -0.494 e. The van der Waals surface area contributed by atoms with Crippen LogP contribution in [0.3, 0.4) is 0 Å². The highest BCUT2D eigenvalue weighted by Gasteiger charge is 2.16. The molecule has 0 saturated heterocycles. The number of thioether (sulfide) groups is 1. The highest BCUT2D eigenvalue weighted by molar-refractivity contribution is 8.00. The lowest BCUT2D eigenvalue weighted by Crippen LogP contribution is -2.15. The first kappa shape index (κ1) is 19.1. The summed E-state index contributed by atoms with van der Waals surface area (Å²) in [4.78, 5) is 12.4. The first-order chi connectivity index (χ1) is 13.3. The maximum absolute atomic E-state index is 12.4. The topological polar surface area (TPSA) is 38.3 Å². The van der Waals surface area contributed by atoms with E-state index in [4.69, 9.17) is 4.74 Å². The van der Waals surface area contributed by atoms with Crippen molar-refractivity contribution in [2.75, 3.05) is 17.7 Å². The minimum atomic E-state index is -0.0129. The number of benzene rings is 3. The Balaban J connectivity index is 1.64. The number of nitrogens with one attached hydrogen (secondary N) is 1. The SMILES string of the molecule is CCOc1ccc(NC(=O)CSC(c2ccccc2)c2ccccc2)cc1. The Kier molecular flexibility index (Phi) is 6.94. The lowest BCUT2D eigenvalue weighted by Gasteiger charge is -2.17. The van der Waals surface area contributed by atoms with Gasteiger partial charge in [0, 0.05) is 5.69 Å². The molecule has 1 amide bonds. The van der Waals surface area contributed by atoms with Crippen LogP contribution in [0.2, 0.25) is 0 Å². The molecule has 0 fully saturated rings. The first-order valence-corrected chi connectivity index (χ1v) is 10.1. The zero-order chi connectivity index (χ0) is 18.9. The molecule has 0 radical (unpaired) electrons. The van der Waals surface area contributed by atoms with Crippen molar-refractivity contribution in [1.29, 1.82) is 0 Å². The van der Waals surface area contributed by atoms with E-state index in [9.17, 15) is 4.79 Å². The zero-order valence-corrected chi connectivity index (χ0v) is 16.1. The largest absolute Gasteiger partial charge is 0.494 e. The van der Waals surface area contributed by atoms with Crippen molar-refractivity contribution in [3.63, 3.8) is 0 Å². The van der Waals surface area contributed by atoms with Gasteiger partial charge in [0.2, 0.25) is 5.91 Å². The van der Waals surface area contributed by atoms with Crippen molar-refractivity contribution in [3.05, 3.63) is 96.1 Å². The van der Waals surface area contributed by atoms with Gasteiger partial charge in [0.25, 0.3) is 0 Å². The van der Waals surface area contributed by atoms with Gasteiger partial charge in [0.1, 0.15) is 5.75 Å². The molecule has 1 N–H and O–H groups in total. The van der Waals surface area contributed by atoms with Crippen molar-refractivity contribution < 1.29 is 9.53 Å². The Morgan fingerprint density at radius 3 is 1.96 bits per heavy atom. The van der Waals surface area contributed by atoms with E-state index in [0.717, 1.165) is 11.4 Å². The smallest absolute Gasteiger partial charge is 0.234 e. The molecule has 0 bridgehead atoms. The van der Waals surface area contributed by atoms with E-state index < -0.39 is 0 Å². The molecule has 0 aliphatic heterocycles. The third-order valence-corrected chi connectivity index (χ3v) is 5.34. The summed E-state index contributed by atoms with van der Waals surface area (Å²) in [6.07, 6.45) is 0. The molecule has 3 aromatic rings. The van der Waals surface area contributed by atoms with Crippen molar-refractivity contribution >= 4 is 23.4 Å².